The van der Waals surface area contributed by atoms with Crippen molar-refractivity contribution >= 4 is 23.5 Å². The summed E-state index contributed by atoms with van der Waals surface area (Å²) in [6.07, 6.45) is 0. The molecule has 2 amide bonds. The molecule has 0 fully saturated rings. The second-order valence-electron chi connectivity index (χ2n) is 5.05. The van der Waals surface area contributed by atoms with Crippen LogP contribution in [0.25, 0.3) is 11.1 Å². The third kappa shape index (κ3) is 4.16. The highest BCUT2D eigenvalue weighted by atomic mass is 16.4. The van der Waals surface area contributed by atoms with Crippen LogP contribution in [0.15, 0.2) is 36.4 Å². The number of hydrogen-bond donors (Lipinski definition) is 3. The predicted molar refractivity (Wildman–Crippen MR) is 88.9 cm³/mol. The van der Waals surface area contributed by atoms with Crippen LogP contribution >= 0.6 is 0 Å². The maximum Gasteiger partial charge on any atom is 0.354 e. The second-order valence-corrected chi connectivity index (χ2v) is 5.05. The van der Waals surface area contributed by atoms with Gasteiger partial charge in [0.1, 0.15) is 11.4 Å². The number of aromatic carboxylic acids is 1. The average Bonchev–Trinajstić information content (AvgIpc) is 2.54. The highest BCUT2D eigenvalue weighted by Crippen LogP contribution is 2.23. The van der Waals surface area contributed by atoms with Gasteiger partial charge in [-0.05, 0) is 42.3 Å². The Kier molecular flexibility index (Phi) is 5.26. The lowest BCUT2D eigenvalue weighted by atomic mass is 10.0. The largest absolute Gasteiger partial charge is 0.477 e. The van der Waals surface area contributed by atoms with Crippen LogP contribution in [0.4, 0.5) is 5.69 Å². The van der Waals surface area contributed by atoms with Gasteiger partial charge in [0.2, 0.25) is 5.91 Å². The zero-order chi connectivity index (χ0) is 17.7. The Morgan fingerprint density at radius 2 is 1.67 bits per heavy atom. The van der Waals surface area contributed by atoms with E-state index < -0.39 is 11.9 Å². The molecule has 0 atom stereocenters. The fraction of sp³-hybridized carbons (Fsp3) is 0.176. The summed E-state index contributed by atoms with van der Waals surface area (Å²) in [4.78, 5) is 38.1. The first-order chi connectivity index (χ1) is 11.4. The maximum atomic E-state index is 12.0. The minimum absolute atomic E-state index is 0.0395. The molecule has 7 heteroatoms. The van der Waals surface area contributed by atoms with Gasteiger partial charge in [0.05, 0.1) is 0 Å². The van der Waals surface area contributed by atoms with E-state index in [1.54, 1.807) is 31.2 Å². The number of benzene rings is 1. The molecule has 0 saturated heterocycles. The molecule has 0 aliphatic heterocycles. The topological polar surface area (TPSA) is 108 Å². The maximum absolute atomic E-state index is 12.0. The van der Waals surface area contributed by atoms with E-state index in [0.29, 0.717) is 23.4 Å². The van der Waals surface area contributed by atoms with Crippen LogP contribution in [0, 0.1) is 0 Å². The summed E-state index contributed by atoms with van der Waals surface area (Å²) in [6.45, 7) is 3.59. The van der Waals surface area contributed by atoms with E-state index in [1.807, 2.05) is 0 Å². The molecule has 0 aliphatic carbocycles. The first-order valence-corrected chi connectivity index (χ1v) is 7.32. The highest BCUT2D eigenvalue weighted by molar-refractivity contribution is 5.96. The van der Waals surface area contributed by atoms with Gasteiger partial charge in [0.15, 0.2) is 0 Å². The van der Waals surface area contributed by atoms with Crippen molar-refractivity contribution < 1.29 is 19.5 Å². The second kappa shape index (κ2) is 7.36. The van der Waals surface area contributed by atoms with Gasteiger partial charge in [-0.2, -0.15) is 0 Å². The molecule has 0 unspecified atom stereocenters. The standard InChI is InChI=1S/C17H17N3O4/c1-3-18-16(22)14-8-12(9-15(20-14)17(23)24)11-4-6-13(7-5-11)19-10(2)21/h4-9H,3H2,1-2H3,(H,18,22)(H,19,21)(H,23,24). The van der Waals surface area contributed by atoms with Crippen molar-refractivity contribution in [3.63, 3.8) is 0 Å². The third-order valence-corrected chi connectivity index (χ3v) is 3.15. The summed E-state index contributed by atoms with van der Waals surface area (Å²) in [6, 6.07) is 9.79. The molecular weight excluding hydrogens is 310 g/mol. The van der Waals surface area contributed by atoms with Crippen LogP contribution in [0.1, 0.15) is 34.8 Å². The van der Waals surface area contributed by atoms with Gasteiger partial charge in [-0.25, -0.2) is 9.78 Å². The van der Waals surface area contributed by atoms with Crippen molar-refractivity contribution in [2.24, 2.45) is 0 Å². The smallest absolute Gasteiger partial charge is 0.354 e. The van der Waals surface area contributed by atoms with Gasteiger partial charge in [0.25, 0.3) is 5.91 Å². The summed E-state index contributed by atoms with van der Waals surface area (Å²) in [5.41, 5.74) is 1.72. The Morgan fingerprint density at radius 3 is 2.21 bits per heavy atom. The van der Waals surface area contributed by atoms with E-state index in [4.69, 9.17) is 0 Å². The van der Waals surface area contributed by atoms with Gasteiger partial charge in [-0.3, -0.25) is 9.59 Å². The number of anilines is 1. The average molecular weight is 327 g/mol. The number of hydrogen-bond acceptors (Lipinski definition) is 4. The first-order valence-electron chi connectivity index (χ1n) is 7.32. The number of carbonyl (C=O) groups excluding carboxylic acids is 2. The molecule has 0 bridgehead atoms. The molecule has 1 aromatic carbocycles. The number of carbonyl (C=O) groups is 3. The van der Waals surface area contributed by atoms with Crippen molar-refractivity contribution in [1.82, 2.24) is 10.3 Å². The molecule has 124 valence electrons. The van der Waals surface area contributed by atoms with Crippen LogP contribution < -0.4 is 10.6 Å². The van der Waals surface area contributed by atoms with E-state index in [1.165, 1.54) is 19.1 Å². The number of carboxylic acids is 1. The summed E-state index contributed by atoms with van der Waals surface area (Å²) in [5.74, 6) is -1.83. The van der Waals surface area contributed by atoms with Crippen LogP contribution in [0.3, 0.4) is 0 Å². The lowest BCUT2D eigenvalue weighted by molar-refractivity contribution is -0.114. The van der Waals surface area contributed by atoms with Gasteiger partial charge in [0, 0.05) is 19.2 Å². The SMILES string of the molecule is CCNC(=O)c1cc(-c2ccc(NC(C)=O)cc2)cc(C(=O)O)n1. The van der Waals surface area contributed by atoms with Crippen LogP contribution in [0.5, 0.6) is 0 Å². The molecule has 0 saturated carbocycles. The fourth-order valence-corrected chi connectivity index (χ4v) is 2.12. The van der Waals surface area contributed by atoms with Crippen molar-refractivity contribution in [3.8, 4) is 11.1 Å². The van der Waals surface area contributed by atoms with E-state index in [-0.39, 0.29) is 17.3 Å². The van der Waals surface area contributed by atoms with Crippen molar-refractivity contribution in [2.75, 3.05) is 11.9 Å². The number of nitrogens with zero attached hydrogens (tertiary/aromatic N) is 1. The molecule has 3 N–H and O–H groups in total. The Hall–Kier alpha value is -3.22. The number of pyridine rings is 1. The number of carboxylic acid groups (broad SMARTS) is 1. The summed E-state index contributed by atoms with van der Waals surface area (Å²) >= 11 is 0. The van der Waals surface area contributed by atoms with E-state index in [9.17, 15) is 19.5 Å². The Balaban J connectivity index is 2.43. The van der Waals surface area contributed by atoms with Gasteiger partial charge in [-0.1, -0.05) is 12.1 Å². The van der Waals surface area contributed by atoms with E-state index >= 15 is 0 Å². The summed E-state index contributed by atoms with van der Waals surface area (Å²) in [7, 11) is 0. The van der Waals surface area contributed by atoms with Crippen LogP contribution in [-0.4, -0.2) is 34.4 Å². The quantitative estimate of drug-likeness (QED) is 0.780. The van der Waals surface area contributed by atoms with Crippen molar-refractivity contribution in [2.45, 2.75) is 13.8 Å². The molecular formula is C17H17N3O4. The predicted octanol–water partition coefficient (Wildman–Crippen LogP) is 2.15. The van der Waals surface area contributed by atoms with Gasteiger partial charge >= 0.3 is 5.97 Å². The molecule has 0 radical (unpaired) electrons. The zero-order valence-corrected chi connectivity index (χ0v) is 13.3. The fourth-order valence-electron chi connectivity index (χ4n) is 2.12. The molecule has 0 spiro atoms. The van der Waals surface area contributed by atoms with Crippen LogP contribution in [0.2, 0.25) is 0 Å². The number of aromatic nitrogens is 1. The first kappa shape index (κ1) is 17.1. The van der Waals surface area contributed by atoms with Gasteiger partial charge < -0.3 is 15.7 Å². The minimum Gasteiger partial charge on any atom is -0.477 e. The van der Waals surface area contributed by atoms with E-state index in [2.05, 4.69) is 15.6 Å². The number of amides is 2. The zero-order valence-electron chi connectivity index (χ0n) is 13.3. The third-order valence-electron chi connectivity index (χ3n) is 3.15. The lowest BCUT2D eigenvalue weighted by Crippen LogP contribution is -2.24. The Bertz CT molecular complexity index is 785. The summed E-state index contributed by atoms with van der Waals surface area (Å²) < 4.78 is 0. The Labute approximate surface area is 138 Å². The molecule has 24 heavy (non-hydrogen) atoms. The van der Waals surface area contributed by atoms with E-state index in [0.717, 1.165) is 0 Å². The normalized spacial score (nSPS) is 10.1. The molecule has 7 nitrogen and oxygen atoms in total. The number of nitrogens with one attached hydrogen (secondary N) is 2. The monoisotopic (exact) mass is 327 g/mol. The number of rotatable bonds is 5. The molecule has 2 rings (SSSR count). The molecule has 1 heterocycles. The van der Waals surface area contributed by atoms with Crippen LogP contribution in [-0.2, 0) is 4.79 Å². The molecule has 2 aromatic rings. The molecule has 0 aliphatic rings. The minimum atomic E-state index is -1.21. The highest BCUT2D eigenvalue weighted by Gasteiger charge is 2.14. The van der Waals surface area contributed by atoms with Crippen molar-refractivity contribution in [3.05, 3.63) is 47.8 Å². The Morgan fingerprint density at radius 1 is 1.04 bits per heavy atom. The van der Waals surface area contributed by atoms with Gasteiger partial charge in [-0.15, -0.1) is 0 Å². The lowest BCUT2D eigenvalue weighted by Gasteiger charge is -2.08. The van der Waals surface area contributed by atoms with Crippen molar-refractivity contribution in [1.29, 1.82) is 0 Å². The molecule has 1 aromatic heterocycles. The summed E-state index contributed by atoms with van der Waals surface area (Å²) in [5, 5.41) is 14.4.